The number of carbonyl (C=O) groups excluding carboxylic acids is 1. The maximum Gasteiger partial charge on any atom is 0.409 e. The van der Waals surface area contributed by atoms with E-state index in [-0.39, 0.29) is 35.9 Å². The van der Waals surface area contributed by atoms with E-state index in [1.165, 1.54) is 12.1 Å². The molecule has 2 heterocycles. The van der Waals surface area contributed by atoms with E-state index >= 15 is 0 Å². The second kappa shape index (κ2) is 11.2. The first kappa shape index (κ1) is 23.2. The topological polar surface area (TPSA) is 73.0 Å². The summed E-state index contributed by atoms with van der Waals surface area (Å²) in [7, 11) is 0. The third kappa shape index (κ3) is 5.97. The molecule has 2 N–H and O–H groups in total. The van der Waals surface area contributed by atoms with Gasteiger partial charge in [0.25, 0.3) is 0 Å². The summed E-state index contributed by atoms with van der Waals surface area (Å²) in [4.78, 5) is 23.6. The molecule has 1 aromatic heterocycles. The SMILES string of the molecule is CCNC(=NCCc1c[nH]c2cc(F)ccc12)N1CCN(C(=O)OCC)CC1.I. The van der Waals surface area contributed by atoms with Crippen molar-refractivity contribution in [2.24, 2.45) is 4.99 Å². The molecule has 160 valence electrons. The number of ether oxygens (including phenoxy) is 1. The van der Waals surface area contributed by atoms with Crippen molar-refractivity contribution in [2.75, 3.05) is 45.9 Å². The number of halogens is 2. The largest absolute Gasteiger partial charge is 0.450 e. The summed E-state index contributed by atoms with van der Waals surface area (Å²) >= 11 is 0. The number of nitrogens with one attached hydrogen (secondary N) is 2. The molecule has 1 saturated heterocycles. The van der Waals surface area contributed by atoms with Crippen LogP contribution in [0.1, 0.15) is 19.4 Å². The van der Waals surface area contributed by atoms with Gasteiger partial charge >= 0.3 is 6.09 Å². The maximum absolute atomic E-state index is 13.3. The van der Waals surface area contributed by atoms with Gasteiger partial charge in [-0.05, 0) is 44.0 Å². The van der Waals surface area contributed by atoms with Crippen LogP contribution < -0.4 is 5.32 Å². The second-order valence-corrected chi connectivity index (χ2v) is 6.66. The first-order valence-electron chi connectivity index (χ1n) is 9.82. The number of carbonyl (C=O) groups is 1. The summed E-state index contributed by atoms with van der Waals surface area (Å²) in [6.45, 7) is 8.34. The number of aromatic amines is 1. The fourth-order valence-electron chi connectivity index (χ4n) is 3.39. The van der Waals surface area contributed by atoms with E-state index in [4.69, 9.17) is 9.73 Å². The zero-order chi connectivity index (χ0) is 19.9. The van der Waals surface area contributed by atoms with Gasteiger partial charge in [-0.15, -0.1) is 24.0 Å². The number of amides is 1. The van der Waals surface area contributed by atoms with Gasteiger partial charge in [0.15, 0.2) is 5.96 Å². The molecule has 0 unspecified atom stereocenters. The Bertz CT molecular complexity index is 833. The highest BCUT2D eigenvalue weighted by Gasteiger charge is 2.23. The zero-order valence-electron chi connectivity index (χ0n) is 16.9. The Morgan fingerprint density at radius 2 is 1.97 bits per heavy atom. The second-order valence-electron chi connectivity index (χ2n) is 6.66. The molecule has 1 aliphatic rings. The Balaban J connectivity index is 0.00000300. The third-order valence-electron chi connectivity index (χ3n) is 4.81. The molecule has 3 rings (SSSR count). The monoisotopic (exact) mass is 517 g/mol. The van der Waals surface area contributed by atoms with E-state index in [0.29, 0.717) is 26.2 Å². The molecule has 7 nitrogen and oxygen atoms in total. The molecular formula is C20H29FIN5O2. The molecule has 0 bridgehead atoms. The van der Waals surface area contributed by atoms with Crippen LogP contribution in [0.25, 0.3) is 10.9 Å². The summed E-state index contributed by atoms with van der Waals surface area (Å²) in [5.74, 6) is 0.618. The van der Waals surface area contributed by atoms with Gasteiger partial charge in [-0.1, -0.05) is 0 Å². The predicted molar refractivity (Wildman–Crippen MR) is 124 cm³/mol. The van der Waals surface area contributed by atoms with Crippen LogP contribution in [0.2, 0.25) is 0 Å². The third-order valence-corrected chi connectivity index (χ3v) is 4.81. The van der Waals surface area contributed by atoms with Crippen LogP contribution in [-0.4, -0.2) is 72.7 Å². The molecule has 0 saturated carbocycles. The average molecular weight is 517 g/mol. The highest BCUT2D eigenvalue weighted by Crippen LogP contribution is 2.19. The first-order valence-corrected chi connectivity index (χ1v) is 9.82. The van der Waals surface area contributed by atoms with Crippen LogP contribution in [0.4, 0.5) is 9.18 Å². The summed E-state index contributed by atoms with van der Waals surface area (Å²) < 4.78 is 18.4. The number of aliphatic imine (C=N–C) groups is 1. The normalized spacial score (nSPS) is 14.7. The van der Waals surface area contributed by atoms with Gasteiger partial charge in [-0.2, -0.15) is 0 Å². The van der Waals surface area contributed by atoms with Crippen LogP contribution in [0.3, 0.4) is 0 Å². The van der Waals surface area contributed by atoms with Gasteiger partial charge in [0.05, 0.1) is 6.61 Å². The van der Waals surface area contributed by atoms with Crippen molar-refractivity contribution in [3.8, 4) is 0 Å². The van der Waals surface area contributed by atoms with Crippen LogP contribution in [0.5, 0.6) is 0 Å². The Labute approximate surface area is 187 Å². The van der Waals surface area contributed by atoms with E-state index in [1.54, 1.807) is 11.0 Å². The fourth-order valence-corrected chi connectivity index (χ4v) is 3.39. The van der Waals surface area contributed by atoms with Gasteiger partial charge in [-0.3, -0.25) is 4.99 Å². The number of fused-ring (bicyclic) bond motifs is 1. The molecule has 1 aliphatic heterocycles. The summed E-state index contributed by atoms with van der Waals surface area (Å²) in [5, 5.41) is 4.36. The number of aromatic nitrogens is 1. The van der Waals surface area contributed by atoms with Crippen LogP contribution >= 0.6 is 24.0 Å². The van der Waals surface area contributed by atoms with E-state index in [0.717, 1.165) is 48.5 Å². The van der Waals surface area contributed by atoms with Gasteiger partial charge < -0.3 is 24.8 Å². The van der Waals surface area contributed by atoms with Crippen LogP contribution in [0.15, 0.2) is 29.4 Å². The molecule has 9 heteroatoms. The number of piperazine rings is 1. The van der Waals surface area contributed by atoms with Crippen molar-refractivity contribution in [2.45, 2.75) is 20.3 Å². The lowest BCUT2D eigenvalue weighted by Gasteiger charge is -2.35. The minimum Gasteiger partial charge on any atom is -0.450 e. The number of hydrogen-bond acceptors (Lipinski definition) is 3. The first-order chi connectivity index (χ1) is 13.6. The van der Waals surface area contributed by atoms with Gasteiger partial charge in [0.1, 0.15) is 5.82 Å². The molecule has 0 aliphatic carbocycles. The highest BCUT2D eigenvalue weighted by atomic mass is 127. The quantitative estimate of drug-likeness (QED) is 0.363. The summed E-state index contributed by atoms with van der Waals surface area (Å²) in [6, 6.07) is 4.80. The molecule has 2 aromatic rings. The van der Waals surface area contributed by atoms with Gasteiger partial charge in [-0.25, -0.2) is 9.18 Å². The molecule has 1 amide bonds. The van der Waals surface area contributed by atoms with Crippen molar-refractivity contribution in [3.05, 3.63) is 35.8 Å². The van der Waals surface area contributed by atoms with Crippen molar-refractivity contribution in [1.82, 2.24) is 20.1 Å². The van der Waals surface area contributed by atoms with Gasteiger partial charge in [0.2, 0.25) is 0 Å². The fraction of sp³-hybridized carbons (Fsp3) is 0.500. The lowest BCUT2D eigenvalue weighted by atomic mass is 10.1. The number of nitrogens with zero attached hydrogens (tertiary/aromatic N) is 3. The molecule has 1 aromatic carbocycles. The Hall–Kier alpha value is -2.04. The van der Waals surface area contributed by atoms with E-state index in [9.17, 15) is 9.18 Å². The number of guanidine groups is 1. The van der Waals surface area contributed by atoms with Crippen molar-refractivity contribution in [1.29, 1.82) is 0 Å². The van der Waals surface area contributed by atoms with E-state index < -0.39 is 0 Å². The lowest BCUT2D eigenvalue weighted by molar-refractivity contribution is 0.0914. The standard InChI is InChI=1S/C20H28FN5O2.HI/c1-3-22-19(25-9-11-26(12-10-25)20(27)28-4-2)23-8-7-15-14-24-18-13-16(21)5-6-17(15)18;/h5-6,13-14,24H,3-4,7-12H2,1-2H3,(H,22,23);1H. The molecular weight excluding hydrogens is 488 g/mol. The molecule has 0 radical (unpaired) electrons. The Morgan fingerprint density at radius 1 is 1.24 bits per heavy atom. The number of benzene rings is 1. The Kier molecular flexibility index (Phi) is 8.99. The lowest BCUT2D eigenvalue weighted by Crippen LogP contribution is -2.54. The predicted octanol–water partition coefficient (Wildman–Crippen LogP) is 3.21. The van der Waals surface area contributed by atoms with E-state index in [2.05, 4.69) is 15.2 Å². The van der Waals surface area contributed by atoms with Crippen molar-refractivity contribution < 1.29 is 13.9 Å². The van der Waals surface area contributed by atoms with Crippen molar-refractivity contribution in [3.63, 3.8) is 0 Å². The minimum absolute atomic E-state index is 0. The number of hydrogen-bond donors (Lipinski definition) is 2. The zero-order valence-corrected chi connectivity index (χ0v) is 19.2. The van der Waals surface area contributed by atoms with E-state index in [1.807, 2.05) is 20.0 Å². The highest BCUT2D eigenvalue weighted by molar-refractivity contribution is 14.0. The maximum atomic E-state index is 13.3. The van der Waals surface area contributed by atoms with Crippen LogP contribution in [-0.2, 0) is 11.2 Å². The Morgan fingerprint density at radius 3 is 2.66 bits per heavy atom. The molecule has 0 atom stereocenters. The van der Waals surface area contributed by atoms with Crippen molar-refractivity contribution >= 4 is 46.9 Å². The average Bonchev–Trinajstić information content (AvgIpc) is 3.09. The number of H-pyrrole nitrogens is 1. The summed E-state index contributed by atoms with van der Waals surface area (Å²) in [5.41, 5.74) is 1.93. The van der Waals surface area contributed by atoms with Crippen LogP contribution in [0, 0.1) is 5.82 Å². The number of rotatable bonds is 5. The summed E-state index contributed by atoms with van der Waals surface area (Å²) in [6.07, 6.45) is 2.44. The minimum atomic E-state index is -0.250. The smallest absolute Gasteiger partial charge is 0.409 e. The molecule has 0 spiro atoms. The molecule has 29 heavy (non-hydrogen) atoms. The van der Waals surface area contributed by atoms with Gasteiger partial charge in [0, 0.05) is 56.4 Å². The molecule has 1 fully saturated rings.